The predicted molar refractivity (Wildman–Crippen MR) is 68.5 cm³/mol. The summed E-state index contributed by atoms with van der Waals surface area (Å²) in [6.45, 7) is 4.66. The molecule has 0 aliphatic carbocycles. The van der Waals surface area contributed by atoms with Crippen molar-refractivity contribution in [2.24, 2.45) is 0 Å². The topological polar surface area (TPSA) is 32.3 Å². The van der Waals surface area contributed by atoms with Crippen molar-refractivity contribution >= 4 is 17.4 Å². The zero-order valence-electron chi connectivity index (χ0n) is 9.85. The summed E-state index contributed by atoms with van der Waals surface area (Å²) in [7, 11) is 0. The van der Waals surface area contributed by atoms with E-state index in [0.29, 0.717) is 11.2 Å². The van der Waals surface area contributed by atoms with Gasteiger partial charge in [-0.2, -0.15) is 0 Å². The van der Waals surface area contributed by atoms with Crippen LogP contribution >= 0.6 is 11.6 Å². The second-order valence-electron chi connectivity index (χ2n) is 4.83. The largest absolute Gasteiger partial charge is 0.354 e. The van der Waals surface area contributed by atoms with Gasteiger partial charge in [0.1, 0.15) is 11.0 Å². The lowest BCUT2D eigenvalue weighted by atomic mass is 10.2. The molecule has 0 spiro atoms. The molecule has 2 aliphatic rings. The van der Waals surface area contributed by atoms with Crippen LogP contribution in [0.3, 0.4) is 0 Å². The lowest BCUT2D eigenvalue weighted by Crippen LogP contribution is -2.35. The van der Waals surface area contributed by atoms with E-state index in [1.807, 2.05) is 0 Å². The third-order valence-corrected chi connectivity index (χ3v) is 3.92. The van der Waals surface area contributed by atoms with E-state index in [0.717, 1.165) is 18.9 Å². The van der Waals surface area contributed by atoms with Crippen molar-refractivity contribution in [3.63, 3.8) is 0 Å². The standard InChI is InChI=1S/C12H17ClN4/c13-11-7-14-8-12(15-11)17-6-3-10(9-17)16-4-1-2-5-16/h7-8,10H,1-6,9H2. The molecule has 0 amide bonds. The summed E-state index contributed by atoms with van der Waals surface area (Å²) in [6.07, 6.45) is 7.33. The molecule has 3 rings (SSSR count). The number of nitrogens with zero attached hydrogens (tertiary/aromatic N) is 4. The first-order valence-electron chi connectivity index (χ1n) is 6.29. The van der Waals surface area contributed by atoms with Crippen molar-refractivity contribution in [2.75, 3.05) is 31.1 Å². The van der Waals surface area contributed by atoms with Crippen molar-refractivity contribution in [3.8, 4) is 0 Å². The first kappa shape index (κ1) is 11.2. The SMILES string of the molecule is Clc1cncc(N2CCC(N3CCCC3)C2)n1. The summed E-state index contributed by atoms with van der Waals surface area (Å²) in [4.78, 5) is 13.3. The fourth-order valence-electron chi connectivity index (χ4n) is 2.84. The van der Waals surface area contributed by atoms with Crippen LogP contribution in [0.5, 0.6) is 0 Å². The lowest BCUT2D eigenvalue weighted by molar-refractivity contribution is 0.260. The molecule has 4 nitrogen and oxygen atoms in total. The number of halogens is 1. The van der Waals surface area contributed by atoms with E-state index in [1.54, 1.807) is 12.4 Å². The molecule has 17 heavy (non-hydrogen) atoms. The van der Waals surface area contributed by atoms with Crippen molar-refractivity contribution in [3.05, 3.63) is 17.5 Å². The Morgan fingerprint density at radius 2 is 2.00 bits per heavy atom. The molecule has 0 radical (unpaired) electrons. The van der Waals surface area contributed by atoms with Gasteiger partial charge in [-0.05, 0) is 32.4 Å². The summed E-state index contributed by atoms with van der Waals surface area (Å²) < 4.78 is 0. The predicted octanol–water partition coefficient (Wildman–Crippen LogP) is 1.80. The average molecular weight is 253 g/mol. The molecule has 0 bridgehead atoms. The second kappa shape index (κ2) is 4.78. The molecule has 0 saturated carbocycles. The molecule has 1 atom stereocenters. The maximum Gasteiger partial charge on any atom is 0.149 e. The van der Waals surface area contributed by atoms with Gasteiger partial charge in [0.25, 0.3) is 0 Å². The zero-order valence-corrected chi connectivity index (χ0v) is 10.6. The van der Waals surface area contributed by atoms with E-state index in [2.05, 4.69) is 19.8 Å². The third-order valence-electron chi connectivity index (χ3n) is 3.74. The van der Waals surface area contributed by atoms with E-state index in [1.165, 1.54) is 32.4 Å². The molecular weight excluding hydrogens is 236 g/mol. The Labute approximate surface area is 107 Å². The van der Waals surface area contributed by atoms with Gasteiger partial charge in [-0.1, -0.05) is 11.6 Å². The molecule has 1 aromatic heterocycles. The highest BCUT2D eigenvalue weighted by atomic mass is 35.5. The first-order chi connectivity index (χ1) is 8.33. The maximum absolute atomic E-state index is 5.88. The quantitative estimate of drug-likeness (QED) is 0.804. The highest BCUT2D eigenvalue weighted by Gasteiger charge is 2.29. The number of hydrogen-bond acceptors (Lipinski definition) is 4. The van der Waals surface area contributed by atoms with Gasteiger partial charge in [0.05, 0.1) is 12.4 Å². The van der Waals surface area contributed by atoms with Crippen LogP contribution in [0.1, 0.15) is 19.3 Å². The molecule has 2 fully saturated rings. The summed E-state index contributed by atoms with van der Waals surface area (Å²) >= 11 is 5.88. The van der Waals surface area contributed by atoms with E-state index >= 15 is 0 Å². The fourth-order valence-corrected chi connectivity index (χ4v) is 2.98. The Morgan fingerprint density at radius 3 is 2.76 bits per heavy atom. The molecular formula is C12H17ClN4. The third kappa shape index (κ3) is 2.38. The van der Waals surface area contributed by atoms with E-state index in [-0.39, 0.29) is 0 Å². The molecule has 0 aromatic carbocycles. The highest BCUT2D eigenvalue weighted by Crippen LogP contribution is 2.24. The first-order valence-corrected chi connectivity index (χ1v) is 6.67. The zero-order chi connectivity index (χ0) is 11.7. The molecule has 92 valence electrons. The van der Waals surface area contributed by atoms with Crippen molar-refractivity contribution in [1.82, 2.24) is 14.9 Å². The number of hydrogen-bond donors (Lipinski definition) is 0. The Hall–Kier alpha value is -0.870. The average Bonchev–Trinajstić information content (AvgIpc) is 3.00. The number of aromatic nitrogens is 2. The van der Waals surface area contributed by atoms with Gasteiger partial charge in [0.15, 0.2) is 0 Å². The van der Waals surface area contributed by atoms with Crippen molar-refractivity contribution in [2.45, 2.75) is 25.3 Å². The van der Waals surface area contributed by atoms with Gasteiger partial charge in [0, 0.05) is 19.1 Å². The van der Waals surface area contributed by atoms with E-state index in [4.69, 9.17) is 11.6 Å². The monoisotopic (exact) mass is 252 g/mol. The van der Waals surface area contributed by atoms with Gasteiger partial charge < -0.3 is 4.90 Å². The Morgan fingerprint density at radius 1 is 1.18 bits per heavy atom. The number of rotatable bonds is 2. The minimum absolute atomic E-state index is 0.479. The van der Waals surface area contributed by atoms with Crippen LogP contribution in [-0.2, 0) is 0 Å². The molecule has 2 saturated heterocycles. The second-order valence-corrected chi connectivity index (χ2v) is 5.22. The minimum Gasteiger partial charge on any atom is -0.354 e. The molecule has 3 heterocycles. The molecule has 0 N–H and O–H groups in total. The van der Waals surface area contributed by atoms with E-state index < -0.39 is 0 Å². The van der Waals surface area contributed by atoms with Crippen LogP contribution < -0.4 is 4.90 Å². The van der Waals surface area contributed by atoms with Crippen molar-refractivity contribution in [1.29, 1.82) is 0 Å². The Kier molecular flexibility index (Phi) is 3.16. The van der Waals surface area contributed by atoms with Crippen LogP contribution in [-0.4, -0.2) is 47.1 Å². The summed E-state index contributed by atoms with van der Waals surface area (Å²) in [5, 5.41) is 0.479. The molecule has 1 unspecified atom stereocenters. The van der Waals surface area contributed by atoms with E-state index in [9.17, 15) is 0 Å². The smallest absolute Gasteiger partial charge is 0.149 e. The van der Waals surface area contributed by atoms with Crippen LogP contribution in [0, 0.1) is 0 Å². The maximum atomic E-state index is 5.88. The molecule has 1 aromatic rings. The van der Waals surface area contributed by atoms with Crippen molar-refractivity contribution < 1.29 is 0 Å². The minimum atomic E-state index is 0.479. The summed E-state index contributed by atoms with van der Waals surface area (Å²) in [5.41, 5.74) is 0. The van der Waals surface area contributed by atoms with Gasteiger partial charge in [-0.3, -0.25) is 9.88 Å². The van der Waals surface area contributed by atoms with Crippen LogP contribution in [0.4, 0.5) is 5.82 Å². The van der Waals surface area contributed by atoms with Crippen LogP contribution in [0.15, 0.2) is 12.4 Å². The van der Waals surface area contributed by atoms with Gasteiger partial charge in [0.2, 0.25) is 0 Å². The Balaban J connectivity index is 1.67. The summed E-state index contributed by atoms with van der Waals surface area (Å²) in [6, 6.07) is 0.693. The lowest BCUT2D eigenvalue weighted by Gasteiger charge is -2.23. The number of anilines is 1. The van der Waals surface area contributed by atoms with Gasteiger partial charge in [-0.25, -0.2) is 4.98 Å². The number of likely N-dealkylation sites (tertiary alicyclic amines) is 1. The summed E-state index contributed by atoms with van der Waals surface area (Å²) in [5.74, 6) is 0.916. The Bertz CT molecular complexity index is 392. The van der Waals surface area contributed by atoms with Crippen LogP contribution in [0.2, 0.25) is 5.15 Å². The van der Waals surface area contributed by atoms with Gasteiger partial charge in [-0.15, -0.1) is 0 Å². The molecule has 5 heteroatoms. The van der Waals surface area contributed by atoms with Gasteiger partial charge >= 0.3 is 0 Å². The highest BCUT2D eigenvalue weighted by molar-refractivity contribution is 6.29. The molecule has 2 aliphatic heterocycles. The fraction of sp³-hybridized carbons (Fsp3) is 0.667. The normalized spacial score (nSPS) is 25.7. The van der Waals surface area contributed by atoms with Crippen LogP contribution in [0.25, 0.3) is 0 Å².